The van der Waals surface area contributed by atoms with Gasteiger partial charge in [0.25, 0.3) is 0 Å². The predicted molar refractivity (Wildman–Crippen MR) is 144 cm³/mol. The number of nitrogens with two attached hydrogens (primary N) is 1. The first-order valence-electron chi connectivity index (χ1n) is 14.1. The van der Waals surface area contributed by atoms with Crippen LogP contribution in [0.3, 0.4) is 0 Å². The van der Waals surface area contributed by atoms with E-state index in [-0.39, 0.29) is 17.9 Å². The zero-order valence-corrected chi connectivity index (χ0v) is 22.7. The number of ether oxygens (including phenoxy) is 2. The largest absolute Gasteiger partial charge is 0.378 e. The lowest BCUT2D eigenvalue weighted by Crippen LogP contribution is -2.61. The summed E-state index contributed by atoms with van der Waals surface area (Å²) in [6.45, 7) is 12.9. The molecular weight excluding hydrogens is 470 g/mol. The van der Waals surface area contributed by atoms with Gasteiger partial charge in [-0.1, -0.05) is 19.1 Å². The van der Waals surface area contributed by atoms with Gasteiger partial charge >= 0.3 is 6.03 Å². The van der Waals surface area contributed by atoms with E-state index in [1.54, 1.807) is 4.90 Å². The Bertz CT molecular complexity index is 875. The first-order chi connectivity index (χ1) is 17.9. The second kappa shape index (κ2) is 13.0. The van der Waals surface area contributed by atoms with Gasteiger partial charge in [0.15, 0.2) is 0 Å². The quantitative estimate of drug-likeness (QED) is 0.517. The van der Waals surface area contributed by atoms with Crippen molar-refractivity contribution >= 4 is 17.6 Å². The van der Waals surface area contributed by atoms with Crippen molar-refractivity contribution in [1.29, 1.82) is 0 Å². The number of carbonyl (C=O) groups excluding carboxylic acids is 2. The number of amides is 3. The van der Waals surface area contributed by atoms with E-state index >= 15 is 0 Å². The van der Waals surface area contributed by atoms with Gasteiger partial charge in [0, 0.05) is 51.1 Å². The molecule has 206 valence electrons. The molecule has 0 bridgehead atoms. The molecule has 0 radical (unpaired) electrons. The molecule has 4 rings (SSSR count). The molecule has 9 heteroatoms. The van der Waals surface area contributed by atoms with E-state index in [1.807, 2.05) is 17.0 Å². The molecule has 3 amide bonds. The monoisotopic (exact) mass is 516 g/mol. The lowest BCUT2D eigenvalue weighted by atomic mass is 9.86. The summed E-state index contributed by atoms with van der Waals surface area (Å²) >= 11 is 0. The van der Waals surface area contributed by atoms with Crippen LogP contribution in [-0.4, -0.2) is 111 Å². The van der Waals surface area contributed by atoms with E-state index in [9.17, 15) is 9.59 Å². The topological polar surface area (TPSA) is 97.1 Å². The number of hydrogen-bond acceptors (Lipinski definition) is 5. The third-order valence-corrected chi connectivity index (χ3v) is 8.64. The Hall–Kier alpha value is -2.20. The second-order valence-corrected chi connectivity index (χ2v) is 11.0. The smallest absolute Gasteiger partial charge is 0.321 e. The molecule has 3 fully saturated rings. The number of urea groups is 1. The summed E-state index contributed by atoms with van der Waals surface area (Å²) in [5.41, 5.74) is 8.61. The maximum absolute atomic E-state index is 12.9. The average molecular weight is 517 g/mol. The SMILES string of the molecule is CCC[N+]1(C(C)Cc2ccc(NC(=O)N3CCOCC3)cc2)CCC(C(N)C(=O)N2CCOCC2)CC1. The van der Waals surface area contributed by atoms with Crippen molar-refractivity contribution in [1.82, 2.24) is 9.80 Å². The van der Waals surface area contributed by atoms with Crippen molar-refractivity contribution < 1.29 is 23.5 Å². The molecule has 0 spiro atoms. The summed E-state index contributed by atoms with van der Waals surface area (Å²) < 4.78 is 11.8. The first-order valence-corrected chi connectivity index (χ1v) is 14.1. The van der Waals surface area contributed by atoms with Gasteiger partial charge in [-0.2, -0.15) is 0 Å². The summed E-state index contributed by atoms with van der Waals surface area (Å²) in [5, 5.41) is 3.01. The van der Waals surface area contributed by atoms with Crippen molar-refractivity contribution in [3.8, 4) is 0 Å². The predicted octanol–water partition coefficient (Wildman–Crippen LogP) is 2.30. The van der Waals surface area contributed by atoms with Gasteiger partial charge in [-0.05, 0) is 37.0 Å². The third kappa shape index (κ3) is 7.02. The van der Waals surface area contributed by atoms with E-state index < -0.39 is 6.04 Å². The Labute approximate surface area is 221 Å². The maximum atomic E-state index is 12.9. The number of quaternary nitrogens is 1. The van der Waals surface area contributed by atoms with Crippen LogP contribution in [0.5, 0.6) is 0 Å². The minimum Gasteiger partial charge on any atom is -0.378 e. The molecule has 3 N–H and O–H groups in total. The Morgan fingerprint density at radius 3 is 2.14 bits per heavy atom. The zero-order valence-electron chi connectivity index (χ0n) is 22.7. The average Bonchev–Trinajstić information content (AvgIpc) is 2.94. The molecule has 2 atom stereocenters. The molecule has 9 nitrogen and oxygen atoms in total. The lowest BCUT2D eigenvalue weighted by molar-refractivity contribution is -0.954. The number of piperidine rings is 1. The molecular formula is C28H46N5O4+. The summed E-state index contributed by atoms with van der Waals surface area (Å²) in [4.78, 5) is 29.1. The van der Waals surface area contributed by atoms with Gasteiger partial charge in [0.2, 0.25) is 5.91 Å². The molecule has 2 unspecified atom stereocenters. The van der Waals surface area contributed by atoms with Gasteiger partial charge in [-0.3, -0.25) is 4.79 Å². The molecule has 1 aromatic carbocycles. The zero-order chi connectivity index (χ0) is 26.3. The summed E-state index contributed by atoms with van der Waals surface area (Å²) in [5.74, 6) is 0.345. The van der Waals surface area contributed by atoms with Gasteiger partial charge in [0.1, 0.15) is 0 Å². The fraction of sp³-hybridized carbons (Fsp3) is 0.714. The highest BCUT2D eigenvalue weighted by atomic mass is 16.5. The van der Waals surface area contributed by atoms with Crippen molar-refractivity contribution in [2.45, 2.75) is 51.6 Å². The van der Waals surface area contributed by atoms with Crippen LogP contribution in [0.4, 0.5) is 10.5 Å². The molecule has 3 aliphatic heterocycles. The number of hydrogen-bond donors (Lipinski definition) is 2. The number of likely N-dealkylation sites (tertiary alicyclic amines) is 1. The Morgan fingerprint density at radius 1 is 1.00 bits per heavy atom. The Kier molecular flexibility index (Phi) is 9.81. The molecule has 0 aliphatic carbocycles. The second-order valence-electron chi connectivity index (χ2n) is 11.0. The number of benzene rings is 1. The van der Waals surface area contributed by atoms with Crippen LogP contribution in [0.2, 0.25) is 0 Å². The number of nitrogens with zero attached hydrogens (tertiary/aromatic N) is 3. The van der Waals surface area contributed by atoms with Crippen LogP contribution in [0.1, 0.15) is 38.7 Å². The lowest BCUT2D eigenvalue weighted by Gasteiger charge is -2.49. The molecule has 3 heterocycles. The van der Waals surface area contributed by atoms with Crippen LogP contribution < -0.4 is 11.1 Å². The number of carbonyl (C=O) groups is 2. The van der Waals surface area contributed by atoms with Gasteiger partial charge < -0.3 is 34.8 Å². The maximum Gasteiger partial charge on any atom is 0.321 e. The van der Waals surface area contributed by atoms with Gasteiger partial charge in [-0.25, -0.2) is 4.79 Å². The number of anilines is 1. The van der Waals surface area contributed by atoms with Crippen molar-refractivity contribution in [3.05, 3.63) is 29.8 Å². The normalized spacial score (nSPS) is 26.4. The molecule has 3 aliphatic rings. The summed E-state index contributed by atoms with van der Waals surface area (Å²) in [6, 6.07) is 8.29. The molecule has 0 saturated carbocycles. The van der Waals surface area contributed by atoms with Crippen molar-refractivity contribution in [3.63, 3.8) is 0 Å². The number of nitrogens with one attached hydrogen (secondary N) is 1. The summed E-state index contributed by atoms with van der Waals surface area (Å²) in [6.07, 6.45) is 4.11. The molecule has 1 aromatic rings. The van der Waals surface area contributed by atoms with E-state index in [1.165, 1.54) is 5.56 Å². The fourth-order valence-electron chi connectivity index (χ4n) is 6.22. The highest BCUT2D eigenvalue weighted by Gasteiger charge is 2.41. The van der Waals surface area contributed by atoms with E-state index in [0.29, 0.717) is 58.6 Å². The van der Waals surface area contributed by atoms with E-state index in [2.05, 4.69) is 31.3 Å². The third-order valence-electron chi connectivity index (χ3n) is 8.64. The van der Waals surface area contributed by atoms with E-state index in [0.717, 1.165) is 55.5 Å². The van der Waals surface area contributed by atoms with Crippen molar-refractivity contribution in [2.24, 2.45) is 11.7 Å². The Balaban J connectivity index is 1.31. The molecule has 37 heavy (non-hydrogen) atoms. The standard InChI is InChI=1S/C28H45N5O4/c1-3-14-33(15-8-24(9-16-33)26(29)27(34)31-10-17-36-18-11-31)22(2)21-23-4-6-25(7-5-23)30-28(35)32-12-19-37-20-13-32/h4-7,22,24,26H,3,8-21,29H2,1-2H3/p+1. The first kappa shape index (κ1) is 27.8. The number of morpholine rings is 2. The van der Waals surface area contributed by atoms with Gasteiger partial charge in [0.05, 0.1) is 58.1 Å². The van der Waals surface area contributed by atoms with Crippen LogP contribution in [-0.2, 0) is 20.7 Å². The van der Waals surface area contributed by atoms with Crippen LogP contribution in [0.25, 0.3) is 0 Å². The number of rotatable bonds is 8. The van der Waals surface area contributed by atoms with E-state index in [4.69, 9.17) is 15.2 Å². The molecule has 0 aromatic heterocycles. The van der Waals surface area contributed by atoms with Crippen LogP contribution in [0.15, 0.2) is 24.3 Å². The highest BCUT2D eigenvalue weighted by molar-refractivity contribution is 5.89. The van der Waals surface area contributed by atoms with Gasteiger partial charge in [-0.15, -0.1) is 0 Å². The Morgan fingerprint density at radius 2 is 1.57 bits per heavy atom. The van der Waals surface area contributed by atoms with Crippen molar-refractivity contribution in [2.75, 3.05) is 77.6 Å². The summed E-state index contributed by atoms with van der Waals surface area (Å²) in [7, 11) is 0. The molecule has 3 saturated heterocycles. The van der Waals surface area contributed by atoms with Crippen LogP contribution in [0, 0.1) is 5.92 Å². The van der Waals surface area contributed by atoms with Crippen LogP contribution >= 0.6 is 0 Å². The minimum atomic E-state index is -0.405. The fourth-order valence-corrected chi connectivity index (χ4v) is 6.22. The minimum absolute atomic E-state index is 0.0648. The highest BCUT2D eigenvalue weighted by Crippen LogP contribution is 2.31.